The summed E-state index contributed by atoms with van der Waals surface area (Å²) in [7, 11) is 5.86. The summed E-state index contributed by atoms with van der Waals surface area (Å²) in [5, 5.41) is 31.1. The molecule has 4 amide bonds. The molecule has 5 aromatic heterocycles. The van der Waals surface area contributed by atoms with Gasteiger partial charge in [-0.1, -0.05) is 34.8 Å². The van der Waals surface area contributed by atoms with E-state index in [0.29, 0.717) is 192 Å². The minimum atomic E-state index is -2.65. The van der Waals surface area contributed by atoms with Crippen molar-refractivity contribution < 1.29 is 71.0 Å². The van der Waals surface area contributed by atoms with Gasteiger partial charge in [-0.25, -0.2) is 8.78 Å². The zero-order chi connectivity index (χ0) is 92.9. The van der Waals surface area contributed by atoms with Crippen LogP contribution in [0.5, 0.6) is 69.0 Å². The van der Waals surface area contributed by atoms with E-state index in [1.54, 1.807) is 169 Å². The molecule has 1 aliphatic carbocycles. The van der Waals surface area contributed by atoms with Crippen LogP contribution >= 0.6 is 83.7 Å². The van der Waals surface area contributed by atoms with Gasteiger partial charge in [0.1, 0.15) is 69.0 Å². The second-order valence-corrected chi connectivity index (χ2v) is 32.8. The van der Waals surface area contributed by atoms with E-state index >= 15 is 0 Å². The number of nitrogens with zero attached hydrogens (tertiary/aromatic N) is 8. The van der Waals surface area contributed by atoms with E-state index in [2.05, 4.69) is 56.4 Å². The Bertz CT molecular complexity index is 6610. The lowest BCUT2D eigenvalue weighted by atomic mass is 10.1. The Morgan fingerprint density at radius 3 is 1.18 bits per heavy atom. The van der Waals surface area contributed by atoms with Crippen molar-refractivity contribution in [3.63, 3.8) is 0 Å². The van der Waals surface area contributed by atoms with Crippen molar-refractivity contribution in [2.45, 2.75) is 63.1 Å². The summed E-state index contributed by atoms with van der Waals surface area (Å²) in [4.78, 5) is 74.3. The highest BCUT2D eigenvalue weighted by molar-refractivity contribution is 7.81. The second kappa shape index (κ2) is 41.8. The molecule has 8 aromatic carbocycles. The Hall–Kier alpha value is -13.7. The lowest BCUT2D eigenvalue weighted by Gasteiger charge is -2.33. The van der Waals surface area contributed by atoms with Gasteiger partial charge in [-0.2, -0.15) is 0 Å². The van der Waals surface area contributed by atoms with Gasteiger partial charge >= 0.3 is 0 Å². The molecule has 8 heterocycles. The van der Waals surface area contributed by atoms with Crippen LogP contribution in [0.1, 0.15) is 84.7 Å². The first-order valence-corrected chi connectivity index (χ1v) is 43.3. The molecule has 131 heavy (non-hydrogen) atoms. The number of thiocarbonyl (C=S) groups is 4. The number of aliphatic hydroxyl groups excluding tert-OH is 1. The van der Waals surface area contributed by atoms with E-state index in [1.165, 1.54) is 46.8 Å². The van der Waals surface area contributed by atoms with Crippen LogP contribution in [0.25, 0.3) is 43.6 Å². The number of methoxy groups -OCH3 is 4. The number of hydrogen-bond donors (Lipinski definition) is 10. The number of piperidine rings is 1. The Kier molecular flexibility index (Phi) is 29.8. The standard InChI is InChI=1S/C24H20ClN5O3S.C23H21ClF2N4O3S.C23H22N4O3S.C22H21ClN4O4S/c1-32-22-12-20-16(11-17(22)23(26)31)21(6-9-28-20)33-15-2-3-19(18(25)10-15)30-24(34)29-13-14-4-7-27-8-5-14;1-32-20-12-18-14(11-15(20)21(27)31)19(4-7-28-18)33-13-2-3-17(16(24)10-13)29-22(34)30-8-5-23(25,26)6-9-30;1-29-21-12-18-16(11-17(21)22(24)28)20(6-8-25-18)30-15-4-5-19-13(10-15)7-9-27(19)23(31)26-14-2-3-14;1-30-20-10-18-14(9-15(20)21(24)29)19(4-6-25-18)31-13-2-3-17(16(23)8-13)26-22(32)27-7-5-12(28)11-27/h2-12H,13H2,1H3,(H2,26,31)(H2,29,30,34);2-4,7,10-12H,5-6,8-9H2,1H3,(H2,27,31)(H,29,34);4-6,8,10-12,14H,2-3,7,9H2,1H3,(H2,24,28)(H,26,31);2-4,6,8-10,12,28H,5,7,11H2,1H3,(H2,24,29)(H,26,32). The number of aliphatic hydroxyl groups is 1. The molecule has 4 aliphatic rings. The first kappa shape index (κ1) is 93.4. The fraction of sp³-hybridized carbons (Fsp3) is 0.207. The van der Waals surface area contributed by atoms with E-state index in [9.17, 15) is 33.1 Å². The Morgan fingerprint density at radius 1 is 0.450 bits per heavy atom. The lowest BCUT2D eigenvalue weighted by molar-refractivity contribution is -0.0431. The van der Waals surface area contributed by atoms with Gasteiger partial charge in [0.15, 0.2) is 20.4 Å². The van der Waals surface area contributed by atoms with Crippen molar-refractivity contribution in [1.29, 1.82) is 0 Å². The van der Waals surface area contributed by atoms with Crippen molar-refractivity contribution in [2.24, 2.45) is 22.9 Å². The number of nitrogens with one attached hydrogen (secondary N) is 5. The van der Waals surface area contributed by atoms with Gasteiger partial charge in [-0.05, 0) is 201 Å². The van der Waals surface area contributed by atoms with Crippen LogP contribution in [0.3, 0.4) is 0 Å². The molecule has 0 bridgehead atoms. The van der Waals surface area contributed by atoms with E-state index in [0.717, 1.165) is 29.3 Å². The van der Waals surface area contributed by atoms with Crippen molar-refractivity contribution in [1.82, 2.24) is 45.4 Å². The monoisotopic (exact) mass is 1910 g/mol. The third-order valence-corrected chi connectivity index (χ3v) is 23.4. The van der Waals surface area contributed by atoms with Gasteiger partial charge in [0.2, 0.25) is 0 Å². The maximum Gasteiger partial charge on any atom is 0.252 e. The summed E-state index contributed by atoms with van der Waals surface area (Å²) in [6.45, 7) is 2.95. The average molecular weight is 1910 g/mol. The van der Waals surface area contributed by atoms with Crippen LogP contribution in [0.15, 0.2) is 195 Å². The predicted octanol–water partition coefficient (Wildman–Crippen LogP) is 17.0. The molecular formula is C92H84Cl3F2N17O13S4. The topological polar surface area (TPSA) is 401 Å². The summed E-state index contributed by atoms with van der Waals surface area (Å²) >= 11 is 41.0. The van der Waals surface area contributed by atoms with E-state index in [1.807, 2.05) is 35.2 Å². The molecule has 14 N–H and O–H groups in total. The smallest absolute Gasteiger partial charge is 0.252 e. The van der Waals surface area contributed by atoms with Crippen molar-refractivity contribution in [3.05, 3.63) is 243 Å². The number of benzene rings is 8. The molecule has 13 aromatic rings. The number of hydrogen-bond acceptors (Lipinski definition) is 22. The average Bonchev–Trinajstić information content (AvgIpc) is 1.78. The minimum absolute atomic E-state index is 0.171. The molecular weight excluding hydrogens is 1820 g/mol. The maximum absolute atomic E-state index is 13.4. The summed E-state index contributed by atoms with van der Waals surface area (Å²) in [5.74, 6) is 0.453. The van der Waals surface area contributed by atoms with Crippen molar-refractivity contribution in [2.75, 3.05) is 82.0 Å². The van der Waals surface area contributed by atoms with Gasteiger partial charge in [-0.3, -0.25) is 44.1 Å². The number of halogens is 5. The number of ether oxygens (including phenoxy) is 8. The number of alkyl halides is 2. The zero-order valence-electron chi connectivity index (χ0n) is 70.4. The number of β-amino-alcohol motifs (C(OH)–C–C–N with tert-alkyl or cyclic N) is 1. The molecule has 1 atom stereocenters. The number of nitrogens with two attached hydrogens (primary N) is 4. The van der Waals surface area contributed by atoms with Crippen LogP contribution in [-0.2, 0) is 13.0 Å². The molecule has 0 spiro atoms. The van der Waals surface area contributed by atoms with E-state index in [4.69, 9.17) is 145 Å². The van der Waals surface area contributed by atoms with Crippen molar-refractivity contribution in [3.8, 4) is 69.0 Å². The van der Waals surface area contributed by atoms with Crippen LogP contribution < -0.4 is 92.3 Å². The first-order chi connectivity index (χ1) is 63.0. The molecule has 674 valence electrons. The second-order valence-electron chi connectivity index (χ2n) is 30.0. The highest BCUT2D eigenvalue weighted by Gasteiger charge is 2.36. The van der Waals surface area contributed by atoms with Crippen LogP contribution in [0.2, 0.25) is 15.1 Å². The van der Waals surface area contributed by atoms with Crippen LogP contribution in [0.4, 0.5) is 31.5 Å². The number of primary amides is 4. The first-order valence-electron chi connectivity index (χ1n) is 40.5. The summed E-state index contributed by atoms with van der Waals surface area (Å²) in [6, 6.07) is 45.5. The fourth-order valence-electron chi connectivity index (χ4n) is 14.2. The molecule has 30 nitrogen and oxygen atoms in total. The number of amides is 4. The predicted molar refractivity (Wildman–Crippen MR) is 516 cm³/mol. The summed E-state index contributed by atoms with van der Waals surface area (Å²) < 4.78 is 72.1. The molecule has 17 rings (SSSR count). The number of carbonyl (C=O) groups excluding carboxylic acids is 4. The normalized spacial score (nSPS) is 14.0. The molecule has 3 aliphatic heterocycles. The van der Waals surface area contributed by atoms with E-state index in [-0.39, 0.29) is 54.3 Å². The summed E-state index contributed by atoms with van der Waals surface area (Å²) in [6.07, 6.45) is 13.0. The highest BCUT2D eigenvalue weighted by atomic mass is 35.5. The molecule has 3 fully saturated rings. The largest absolute Gasteiger partial charge is 0.496 e. The minimum Gasteiger partial charge on any atom is -0.496 e. The molecule has 39 heteroatoms. The third-order valence-electron chi connectivity index (χ3n) is 21.1. The van der Waals surface area contributed by atoms with Gasteiger partial charge in [0.25, 0.3) is 29.6 Å². The summed E-state index contributed by atoms with van der Waals surface area (Å²) in [5.41, 5.74) is 30.4. The maximum atomic E-state index is 13.4. The Labute approximate surface area is 785 Å². The molecule has 1 unspecified atom stereocenters. The quantitative estimate of drug-likeness (QED) is 0.0282. The fourth-order valence-corrected chi connectivity index (χ4v) is 16.0. The van der Waals surface area contributed by atoms with Gasteiger partial charge in [0.05, 0.1) is 111 Å². The Morgan fingerprint density at radius 2 is 0.824 bits per heavy atom. The highest BCUT2D eigenvalue weighted by Crippen LogP contribution is 2.43. The lowest BCUT2D eigenvalue weighted by Crippen LogP contribution is -2.44. The zero-order valence-corrected chi connectivity index (χ0v) is 75.9. The van der Waals surface area contributed by atoms with Crippen LogP contribution in [-0.4, -0.2) is 163 Å². The van der Waals surface area contributed by atoms with Gasteiger partial charge in [0, 0.05) is 165 Å². The number of carbonyl (C=O) groups is 4. The van der Waals surface area contributed by atoms with E-state index < -0.39 is 29.6 Å². The molecule has 0 radical (unpaired) electrons. The number of aromatic nitrogens is 5. The molecule has 2 saturated heterocycles. The molecule has 1 saturated carbocycles. The van der Waals surface area contributed by atoms with Crippen LogP contribution in [0, 0.1) is 0 Å². The van der Waals surface area contributed by atoms with Gasteiger partial charge in [-0.15, -0.1) is 0 Å². The third kappa shape index (κ3) is 23.1. The number of anilines is 4. The Balaban J connectivity index is 0.000000141. The SMILES string of the molecule is COc1cc2nccc(Oc3ccc(NC(=S)N4CCC(F)(F)CC4)c(Cl)c3)c2cc1C(N)=O.COc1cc2nccc(Oc3ccc(NC(=S)N4CCC(O)C4)c(Cl)c3)c2cc1C(N)=O.COc1cc2nccc(Oc3ccc(NC(=S)NCc4ccncc4)c(Cl)c3)c2cc1C(N)=O.COc1cc2nccc(Oc3ccc4c(c3)CCN4C(=S)NC3CC3)c2cc1C(N)=O. The number of rotatable bonds is 22. The number of fused-ring (bicyclic) bond motifs is 5. The number of pyridine rings is 5. The van der Waals surface area contributed by atoms with Crippen molar-refractivity contribution >= 4 is 194 Å². The van der Waals surface area contributed by atoms with Gasteiger partial charge < -0.3 is 107 Å². The number of likely N-dealkylation sites (tertiary alicyclic amines) is 2.